The van der Waals surface area contributed by atoms with Gasteiger partial charge in [0.05, 0.1) is 11.1 Å². The minimum Gasteiger partial charge on any atom is -0.358 e. The number of pyridine rings is 1. The normalized spacial score (nSPS) is 23.2. The van der Waals surface area contributed by atoms with Crippen molar-refractivity contribution < 1.29 is 14.0 Å². The van der Waals surface area contributed by atoms with Crippen LogP contribution in [0.15, 0.2) is 48.7 Å². The SMILES string of the molecule is CNC(=O)[C@@]1(c2ccccn2)CCCN(C(=O)C2(c3cccc(F)c3)CCCC2)C1. The summed E-state index contributed by atoms with van der Waals surface area (Å²) in [5.41, 5.74) is -0.143. The van der Waals surface area contributed by atoms with E-state index in [2.05, 4.69) is 10.3 Å². The number of carbonyl (C=O) groups is 2. The Labute approximate surface area is 176 Å². The summed E-state index contributed by atoms with van der Waals surface area (Å²) in [7, 11) is 1.62. The van der Waals surface area contributed by atoms with E-state index in [0.29, 0.717) is 38.0 Å². The lowest BCUT2D eigenvalue weighted by Gasteiger charge is -2.44. The summed E-state index contributed by atoms with van der Waals surface area (Å²) in [6.07, 6.45) is 6.35. The minimum atomic E-state index is -0.869. The van der Waals surface area contributed by atoms with Crippen LogP contribution in [0, 0.1) is 5.82 Å². The van der Waals surface area contributed by atoms with Gasteiger partial charge < -0.3 is 10.2 Å². The number of hydrogen-bond donors (Lipinski definition) is 1. The van der Waals surface area contributed by atoms with Gasteiger partial charge in [0, 0.05) is 26.3 Å². The maximum atomic E-state index is 14.0. The van der Waals surface area contributed by atoms with Gasteiger partial charge in [0.1, 0.15) is 11.2 Å². The highest BCUT2D eigenvalue weighted by molar-refractivity contribution is 5.92. The second-order valence-electron chi connectivity index (χ2n) is 8.51. The number of benzene rings is 1. The summed E-state index contributed by atoms with van der Waals surface area (Å²) in [5, 5.41) is 2.79. The van der Waals surface area contributed by atoms with Crippen molar-refractivity contribution in [1.29, 1.82) is 0 Å². The highest BCUT2D eigenvalue weighted by atomic mass is 19.1. The number of carbonyl (C=O) groups excluding carboxylic acids is 2. The van der Waals surface area contributed by atoms with Crippen molar-refractivity contribution in [3.63, 3.8) is 0 Å². The van der Waals surface area contributed by atoms with Crippen LogP contribution in [0.4, 0.5) is 4.39 Å². The molecule has 6 heteroatoms. The molecule has 0 bridgehead atoms. The van der Waals surface area contributed by atoms with Crippen LogP contribution < -0.4 is 5.32 Å². The summed E-state index contributed by atoms with van der Waals surface area (Å²) < 4.78 is 14.0. The summed E-state index contributed by atoms with van der Waals surface area (Å²) >= 11 is 0. The number of nitrogens with one attached hydrogen (secondary N) is 1. The van der Waals surface area contributed by atoms with Crippen molar-refractivity contribution >= 4 is 11.8 Å². The summed E-state index contributed by atoms with van der Waals surface area (Å²) in [5.74, 6) is -0.433. The molecule has 2 heterocycles. The molecule has 1 saturated heterocycles. The molecule has 1 aromatic heterocycles. The molecule has 1 aliphatic carbocycles. The molecule has 2 aromatic rings. The summed E-state index contributed by atoms with van der Waals surface area (Å²) in [6.45, 7) is 0.890. The van der Waals surface area contributed by atoms with E-state index in [1.165, 1.54) is 12.1 Å². The van der Waals surface area contributed by atoms with Gasteiger partial charge in [0.2, 0.25) is 11.8 Å². The van der Waals surface area contributed by atoms with E-state index >= 15 is 0 Å². The number of rotatable bonds is 4. The van der Waals surface area contributed by atoms with Gasteiger partial charge in [-0.15, -0.1) is 0 Å². The van der Waals surface area contributed by atoms with Crippen LogP contribution in [0.2, 0.25) is 0 Å². The van der Waals surface area contributed by atoms with Crippen LogP contribution >= 0.6 is 0 Å². The van der Waals surface area contributed by atoms with Gasteiger partial charge in [-0.2, -0.15) is 0 Å². The lowest BCUT2D eigenvalue weighted by molar-refractivity contribution is -0.142. The van der Waals surface area contributed by atoms with Crippen molar-refractivity contribution in [3.8, 4) is 0 Å². The Balaban J connectivity index is 1.71. The predicted molar refractivity (Wildman–Crippen MR) is 112 cm³/mol. The van der Waals surface area contributed by atoms with Crippen molar-refractivity contribution in [1.82, 2.24) is 15.2 Å². The number of nitrogens with zero attached hydrogens (tertiary/aromatic N) is 2. The molecule has 1 aliphatic heterocycles. The molecule has 2 amide bonds. The third kappa shape index (κ3) is 3.38. The van der Waals surface area contributed by atoms with E-state index < -0.39 is 10.8 Å². The third-order valence-corrected chi connectivity index (χ3v) is 6.84. The highest BCUT2D eigenvalue weighted by Gasteiger charge is 2.50. The monoisotopic (exact) mass is 409 g/mol. The van der Waals surface area contributed by atoms with Crippen LogP contribution in [0.3, 0.4) is 0 Å². The van der Waals surface area contributed by atoms with Crippen molar-refractivity contribution in [3.05, 3.63) is 65.7 Å². The fourth-order valence-corrected chi connectivity index (χ4v) is 5.32. The number of piperidine rings is 1. The minimum absolute atomic E-state index is 0.00880. The molecule has 0 spiro atoms. The molecule has 5 nitrogen and oxygen atoms in total. The summed E-state index contributed by atoms with van der Waals surface area (Å²) in [6, 6.07) is 12.0. The quantitative estimate of drug-likeness (QED) is 0.843. The van der Waals surface area contributed by atoms with Gasteiger partial charge >= 0.3 is 0 Å². The number of likely N-dealkylation sites (N-methyl/N-ethyl adjacent to an activating group) is 1. The Morgan fingerprint density at radius 3 is 2.47 bits per heavy atom. The Kier molecular flexibility index (Phi) is 5.58. The Morgan fingerprint density at radius 1 is 1.03 bits per heavy atom. The molecule has 0 radical (unpaired) electrons. The largest absolute Gasteiger partial charge is 0.358 e. The van der Waals surface area contributed by atoms with E-state index in [0.717, 1.165) is 24.8 Å². The van der Waals surface area contributed by atoms with Crippen LogP contribution in [0.5, 0.6) is 0 Å². The Hall–Kier alpha value is -2.76. The summed E-state index contributed by atoms with van der Waals surface area (Å²) in [4.78, 5) is 33.2. The van der Waals surface area contributed by atoms with Gasteiger partial charge in [0.15, 0.2) is 0 Å². The molecule has 2 fully saturated rings. The molecule has 1 aromatic carbocycles. The molecule has 0 unspecified atom stereocenters. The average Bonchev–Trinajstić information content (AvgIpc) is 3.30. The molecule has 30 heavy (non-hydrogen) atoms. The fraction of sp³-hybridized carbons (Fsp3) is 0.458. The van der Waals surface area contributed by atoms with Gasteiger partial charge in [-0.3, -0.25) is 14.6 Å². The molecule has 1 saturated carbocycles. The number of amides is 2. The third-order valence-electron chi connectivity index (χ3n) is 6.84. The van der Waals surface area contributed by atoms with Crippen LogP contribution in [0.25, 0.3) is 0 Å². The second kappa shape index (κ2) is 8.17. The molecular weight excluding hydrogens is 381 g/mol. The topological polar surface area (TPSA) is 62.3 Å². The number of likely N-dealkylation sites (tertiary alicyclic amines) is 1. The Bertz CT molecular complexity index is 927. The van der Waals surface area contributed by atoms with Crippen molar-refractivity contribution in [2.45, 2.75) is 49.4 Å². The van der Waals surface area contributed by atoms with E-state index in [-0.39, 0.29) is 17.6 Å². The smallest absolute Gasteiger partial charge is 0.233 e. The van der Waals surface area contributed by atoms with Gasteiger partial charge in [-0.25, -0.2) is 4.39 Å². The molecule has 2 aliphatic rings. The predicted octanol–water partition coefficient (Wildman–Crippen LogP) is 3.34. The first-order valence-electron chi connectivity index (χ1n) is 10.7. The zero-order valence-corrected chi connectivity index (χ0v) is 17.4. The van der Waals surface area contributed by atoms with Crippen molar-refractivity contribution in [2.24, 2.45) is 0 Å². The van der Waals surface area contributed by atoms with E-state index in [1.54, 1.807) is 19.3 Å². The zero-order chi connectivity index (χ0) is 21.2. The fourth-order valence-electron chi connectivity index (χ4n) is 5.32. The molecule has 4 rings (SSSR count). The lowest BCUT2D eigenvalue weighted by Crippen LogP contribution is -2.58. The second-order valence-corrected chi connectivity index (χ2v) is 8.51. The van der Waals surface area contributed by atoms with Crippen molar-refractivity contribution in [2.75, 3.05) is 20.1 Å². The molecule has 1 N–H and O–H groups in total. The molecular formula is C24H28FN3O2. The molecule has 158 valence electrons. The standard InChI is InChI=1S/C24H28FN3O2/c1-26-21(29)24(20-10-2-5-14-27-20)13-7-15-28(17-24)22(30)23(11-3-4-12-23)18-8-6-9-19(25)16-18/h2,5-6,8-10,14,16H,3-4,7,11-13,15,17H2,1H3,(H,26,29)/t24-/m0/s1. The van der Waals surface area contributed by atoms with Gasteiger partial charge in [-0.05, 0) is 55.5 Å². The first-order valence-corrected chi connectivity index (χ1v) is 10.7. The van der Waals surface area contributed by atoms with E-state index in [1.807, 2.05) is 29.2 Å². The lowest BCUT2D eigenvalue weighted by atomic mass is 9.73. The van der Waals surface area contributed by atoms with Crippen LogP contribution in [0.1, 0.15) is 49.8 Å². The first kappa shape index (κ1) is 20.5. The zero-order valence-electron chi connectivity index (χ0n) is 17.4. The van der Waals surface area contributed by atoms with Gasteiger partial charge in [-0.1, -0.05) is 31.0 Å². The highest BCUT2D eigenvalue weighted by Crippen LogP contribution is 2.44. The maximum Gasteiger partial charge on any atom is 0.233 e. The van der Waals surface area contributed by atoms with E-state index in [4.69, 9.17) is 0 Å². The average molecular weight is 410 g/mol. The first-order chi connectivity index (χ1) is 14.5. The number of aromatic nitrogens is 1. The van der Waals surface area contributed by atoms with Crippen LogP contribution in [-0.4, -0.2) is 41.8 Å². The van der Waals surface area contributed by atoms with E-state index in [9.17, 15) is 14.0 Å². The Morgan fingerprint density at radius 2 is 1.80 bits per heavy atom. The molecule has 1 atom stereocenters. The maximum absolute atomic E-state index is 14.0. The number of halogens is 1. The van der Waals surface area contributed by atoms with Crippen LogP contribution in [-0.2, 0) is 20.4 Å². The van der Waals surface area contributed by atoms with Gasteiger partial charge in [0.25, 0.3) is 0 Å². The number of hydrogen-bond acceptors (Lipinski definition) is 3.